The van der Waals surface area contributed by atoms with Gasteiger partial charge in [-0.2, -0.15) is 0 Å². The van der Waals surface area contributed by atoms with Crippen molar-refractivity contribution in [1.29, 1.82) is 0 Å². The molecule has 2 heterocycles. The highest BCUT2D eigenvalue weighted by atomic mass is 16.5. The van der Waals surface area contributed by atoms with Crippen molar-refractivity contribution < 1.29 is 9.32 Å². The molecular formula is C18H22N2O2. The largest absolute Gasteiger partial charge is 0.361 e. The molecule has 1 amide bonds. The van der Waals surface area contributed by atoms with Gasteiger partial charge in [0.05, 0.1) is 18.2 Å². The van der Waals surface area contributed by atoms with Gasteiger partial charge in [0.25, 0.3) is 0 Å². The molecule has 0 spiro atoms. The van der Waals surface area contributed by atoms with E-state index >= 15 is 0 Å². The van der Waals surface area contributed by atoms with Gasteiger partial charge in [-0.05, 0) is 39.2 Å². The first kappa shape index (κ1) is 14.8. The molecule has 116 valence electrons. The number of benzene rings is 1. The van der Waals surface area contributed by atoms with E-state index in [1.807, 2.05) is 18.7 Å². The van der Waals surface area contributed by atoms with E-state index in [1.165, 1.54) is 11.1 Å². The van der Waals surface area contributed by atoms with Gasteiger partial charge in [0.1, 0.15) is 5.76 Å². The third-order valence-corrected chi connectivity index (χ3v) is 4.54. The summed E-state index contributed by atoms with van der Waals surface area (Å²) in [6, 6.07) is 8.71. The van der Waals surface area contributed by atoms with Crippen LogP contribution >= 0.6 is 0 Å². The molecule has 1 unspecified atom stereocenters. The van der Waals surface area contributed by atoms with E-state index in [0.717, 1.165) is 36.4 Å². The summed E-state index contributed by atoms with van der Waals surface area (Å²) in [5, 5.41) is 3.94. The van der Waals surface area contributed by atoms with Crippen molar-refractivity contribution in [2.24, 2.45) is 0 Å². The number of carbonyl (C=O) groups excluding carboxylic acids is 1. The fourth-order valence-electron chi connectivity index (χ4n) is 3.21. The predicted molar refractivity (Wildman–Crippen MR) is 84.5 cm³/mol. The molecule has 4 nitrogen and oxygen atoms in total. The van der Waals surface area contributed by atoms with Gasteiger partial charge in [-0.1, -0.05) is 35.0 Å². The van der Waals surface area contributed by atoms with Crippen LogP contribution in [-0.2, 0) is 11.2 Å². The first-order chi connectivity index (χ1) is 10.6. The Bertz CT molecular complexity index is 653. The third-order valence-electron chi connectivity index (χ3n) is 4.54. The second kappa shape index (κ2) is 5.95. The van der Waals surface area contributed by atoms with Crippen LogP contribution in [0.25, 0.3) is 0 Å². The maximum Gasteiger partial charge on any atom is 0.227 e. The smallest absolute Gasteiger partial charge is 0.227 e. The van der Waals surface area contributed by atoms with Crippen molar-refractivity contribution >= 4 is 5.91 Å². The van der Waals surface area contributed by atoms with E-state index in [9.17, 15) is 4.79 Å². The minimum absolute atomic E-state index is 0.164. The Kier molecular flexibility index (Phi) is 4.01. The van der Waals surface area contributed by atoms with E-state index in [4.69, 9.17) is 4.52 Å². The van der Waals surface area contributed by atoms with Gasteiger partial charge in [0, 0.05) is 12.1 Å². The van der Waals surface area contributed by atoms with Gasteiger partial charge >= 0.3 is 0 Å². The monoisotopic (exact) mass is 298 g/mol. The summed E-state index contributed by atoms with van der Waals surface area (Å²) in [5.74, 6) is 0.911. The summed E-state index contributed by atoms with van der Waals surface area (Å²) in [6.07, 6.45) is 2.48. The zero-order chi connectivity index (χ0) is 15.7. The van der Waals surface area contributed by atoms with Crippen LogP contribution in [0.1, 0.15) is 47.0 Å². The Morgan fingerprint density at radius 3 is 2.64 bits per heavy atom. The highest BCUT2D eigenvalue weighted by Crippen LogP contribution is 2.32. The van der Waals surface area contributed by atoms with Gasteiger partial charge in [-0.3, -0.25) is 4.79 Å². The highest BCUT2D eigenvalue weighted by molar-refractivity contribution is 5.80. The molecule has 0 radical (unpaired) electrons. The third kappa shape index (κ3) is 2.78. The molecular weight excluding hydrogens is 276 g/mol. The predicted octanol–water partition coefficient (Wildman–Crippen LogP) is 3.51. The highest BCUT2D eigenvalue weighted by Gasteiger charge is 2.30. The minimum atomic E-state index is 0.164. The lowest BCUT2D eigenvalue weighted by molar-refractivity contribution is -0.131. The van der Waals surface area contributed by atoms with Crippen LogP contribution in [-0.4, -0.2) is 22.5 Å². The lowest BCUT2D eigenvalue weighted by Gasteiger charge is -2.25. The second-order valence-corrected chi connectivity index (χ2v) is 6.14. The first-order valence-electron chi connectivity index (χ1n) is 7.84. The zero-order valence-corrected chi connectivity index (χ0v) is 13.4. The van der Waals surface area contributed by atoms with Gasteiger partial charge in [0.2, 0.25) is 5.91 Å². The Morgan fingerprint density at radius 2 is 2.00 bits per heavy atom. The molecule has 0 aliphatic carbocycles. The molecule has 22 heavy (non-hydrogen) atoms. The fraction of sp³-hybridized carbons (Fsp3) is 0.444. The Morgan fingerprint density at radius 1 is 1.27 bits per heavy atom. The van der Waals surface area contributed by atoms with Crippen LogP contribution in [0.5, 0.6) is 0 Å². The maximum absolute atomic E-state index is 12.7. The van der Waals surface area contributed by atoms with Crippen LogP contribution in [0.2, 0.25) is 0 Å². The number of hydrogen-bond acceptors (Lipinski definition) is 3. The van der Waals surface area contributed by atoms with Crippen LogP contribution < -0.4 is 0 Å². The Hall–Kier alpha value is -2.10. The van der Waals surface area contributed by atoms with Crippen LogP contribution in [0.4, 0.5) is 0 Å². The van der Waals surface area contributed by atoms with Crippen LogP contribution in [0, 0.1) is 20.8 Å². The van der Waals surface area contributed by atoms with Crippen LogP contribution in [0.15, 0.2) is 28.8 Å². The number of likely N-dealkylation sites (tertiary alicyclic amines) is 1. The molecule has 0 N–H and O–H groups in total. The molecule has 4 heteroatoms. The number of aromatic nitrogens is 1. The molecule has 1 saturated heterocycles. The van der Waals surface area contributed by atoms with Crippen molar-refractivity contribution in [1.82, 2.24) is 10.1 Å². The number of nitrogens with zero attached hydrogens (tertiary/aromatic N) is 2. The quantitative estimate of drug-likeness (QED) is 0.871. The molecule has 1 aromatic carbocycles. The fourth-order valence-corrected chi connectivity index (χ4v) is 3.21. The number of amides is 1. The first-order valence-corrected chi connectivity index (χ1v) is 7.84. The topological polar surface area (TPSA) is 46.3 Å². The summed E-state index contributed by atoms with van der Waals surface area (Å²) < 4.78 is 5.16. The standard InChI is InChI=1S/C18H22N2O2/c1-12-6-8-15(9-7-12)17-5-4-10-20(17)18(21)11-16-13(2)19-22-14(16)3/h6-9,17H,4-5,10-11H2,1-3H3. The summed E-state index contributed by atoms with van der Waals surface area (Å²) in [4.78, 5) is 14.7. The molecule has 1 aliphatic rings. The van der Waals surface area contributed by atoms with Crippen molar-refractivity contribution in [2.45, 2.75) is 46.1 Å². The van der Waals surface area contributed by atoms with E-state index < -0.39 is 0 Å². The van der Waals surface area contributed by atoms with Gasteiger partial charge in [-0.25, -0.2) is 0 Å². The Balaban J connectivity index is 1.78. The number of carbonyl (C=O) groups is 1. The molecule has 1 aliphatic heterocycles. The summed E-state index contributed by atoms with van der Waals surface area (Å²) in [5.41, 5.74) is 4.22. The van der Waals surface area contributed by atoms with Crippen molar-refractivity contribution in [3.63, 3.8) is 0 Å². The second-order valence-electron chi connectivity index (χ2n) is 6.14. The maximum atomic E-state index is 12.7. The van der Waals surface area contributed by atoms with Crippen molar-refractivity contribution in [2.75, 3.05) is 6.54 Å². The van der Waals surface area contributed by atoms with Gasteiger partial charge < -0.3 is 9.42 Å². The van der Waals surface area contributed by atoms with E-state index in [-0.39, 0.29) is 11.9 Å². The lowest BCUT2D eigenvalue weighted by Crippen LogP contribution is -2.32. The molecule has 0 bridgehead atoms. The van der Waals surface area contributed by atoms with Crippen LogP contribution in [0.3, 0.4) is 0 Å². The molecule has 1 fully saturated rings. The van der Waals surface area contributed by atoms with Gasteiger partial charge in [0.15, 0.2) is 0 Å². The average molecular weight is 298 g/mol. The Labute approximate surface area is 131 Å². The molecule has 0 saturated carbocycles. The minimum Gasteiger partial charge on any atom is -0.361 e. The van der Waals surface area contributed by atoms with E-state index in [2.05, 4.69) is 36.3 Å². The molecule has 1 atom stereocenters. The van der Waals surface area contributed by atoms with Crippen molar-refractivity contribution in [3.05, 3.63) is 52.4 Å². The lowest BCUT2D eigenvalue weighted by atomic mass is 10.0. The average Bonchev–Trinajstić information content (AvgIpc) is 3.10. The number of aryl methyl sites for hydroxylation is 3. The molecule has 3 rings (SSSR count). The van der Waals surface area contributed by atoms with Crippen molar-refractivity contribution in [3.8, 4) is 0 Å². The normalized spacial score (nSPS) is 18.0. The van der Waals surface area contributed by atoms with Gasteiger partial charge in [-0.15, -0.1) is 0 Å². The summed E-state index contributed by atoms with van der Waals surface area (Å²) >= 11 is 0. The summed E-state index contributed by atoms with van der Waals surface area (Å²) in [7, 11) is 0. The number of rotatable bonds is 3. The molecule has 1 aromatic heterocycles. The number of hydrogen-bond donors (Lipinski definition) is 0. The molecule has 2 aromatic rings. The van der Waals surface area contributed by atoms with E-state index in [0.29, 0.717) is 6.42 Å². The SMILES string of the molecule is Cc1ccc(C2CCCN2C(=O)Cc2c(C)noc2C)cc1. The zero-order valence-electron chi connectivity index (χ0n) is 13.4. The summed E-state index contributed by atoms with van der Waals surface area (Å²) in [6.45, 7) is 6.67. The van der Waals surface area contributed by atoms with E-state index in [1.54, 1.807) is 0 Å².